The Balaban J connectivity index is 0.000000342. The summed E-state index contributed by atoms with van der Waals surface area (Å²) in [5.41, 5.74) is -0.404. The Labute approximate surface area is 113 Å². The first kappa shape index (κ1) is 17.2. The molecular weight excluding hydrogens is 244 g/mol. The van der Waals surface area contributed by atoms with Crippen LogP contribution in [0, 0.1) is 6.92 Å². The summed E-state index contributed by atoms with van der Waals surface area (Å²) in [4.78, 5) is 10.5. The second-order valence-corrected chi connectivity index (χ2v) is 3.80. The zero-order valence-corrected chi connectivity index (χ0v) is 11.5. The van der Waals surface area contributed by atoms with Gasteiger partial charge >= 0.3 is 0 Å². The van der Waals surface area contributed by atoms with E-state index >= 15 is 0 Å². The Bertz CT molecular complexity index is 430. The van der Waals surface area contributed by atoms with Crippen molar-refractivity contribution in [2.45, 2.75) is 33.1 Å². The average molecular weight is 266 g/mol. The quantitative estimate of drug-likeness (QED) is 0.635. The van der Waals surface area contributed by atoms with Gasteiger partial charge in [0.15, 0.2) is 0 Å². The van der Waals surface area contributed by atoms with Crippen LogP contribution in [0.3, 0.4) is 0 Å². The van der Waals surface area contributed by atoms with Crippen LogP contribution in [-0.4, -0.2) is 16.8 Å². The molecule has 0 saturated heterocycles. The molecule has 0 aliphatic rings. The molecule has 19 heavy (non-hydrogen) atoms. The third kappa shape index (κ3) is 8.85. The molecule has 1 aromatic rings. The van der Waals surface area contributed by atoms with E-state index in [1.807, 2.05) is 6.08 Å². The van der Waals surface area contributed by atoms with Crippen LogP contribution < -0.4 is 5.43 Å². The van der Waals surface area contributed by atoms with Crippen molar-refractivity contribution in [3.8, 4) is 5.75 Å². The standard InChI is InChI=1S/C9H16O.C6H6O3/c1-2-3-4-5-6-7-8-9-10;1-4-6(8)5(7)2-3-9-4/h3-4,7-8,10H,2,5-6,9H2,1H3;2-3,8H,1H3/b4-3-,8-7+;. The summed E-state index contributed by atoms with van der Waals surface area (Å²) in [6, 6.07) is 1.17. The van der Waals surface area contributed by atoms with Crippen molar-refractivity contribution in [1.82, 2.24) is 0 Å². The summed E-state index contributed by atoms with van der Waals surface area (Å²) in [6.07, 6.45) is 12.6. The number of aryl methyl sites for hydroxylation is 1. The average Bonchev–Trinajstić information content (AvgIpc) is 2.41. The lowest BCUT2D eigenvalue weighted by atomic mass is 10.2. The number of rotatable bonds is 5. The molecule has 1 heterocycles. The minimum atomic E-state index is -0.404. The summed E-state index contributed by atoms with van der Waals surface area (Å²) in [5, 5.41) is 17.2. The first-order valence-electron chi connectivity index (χ1n) is 6.31. The molecule has 0 aromatic carbocycles. The van der Waals surface area contributed by atoms with Gasteiger partial charge in [-0.15, -0.1) is 0 Å². The van der Waals surface area contributed by atoms with Gasteiger partial charge in [0.1, 0.15) is 5.76 Å². The van der Waals surface area contributed by atoms with E-state index in [-0.39, 0.29) is 18.1 Å². The molecule has 0 saturated carbocycles. The molecule has 4 heteroatoms. The highest BCUT2D eigenvalue weighted by molar-refractivity contribution is 5.20. The van der Waals surface area contributed by atoms with Gasteiger partial charge in [-0.2, -0.15) is 0 Å². The zero-order valence-electron chi connectivity index (χ0n) is 11.5. The van der Waals surface area contributed by atoms with Crippen molar-refractivity contribution < 1.29 is 14.6 Å². The van der Waals surface area contributed by atoms with E-state index in [0.717, 1.165) is 19.3 Å². The molecule has 1 aromatic heterocycles. The number of aliphatic hydroxyl groups excluding tert-OH is 1. The number of hydrogen-bond donors (Lipinski definition) is 2. The van der Waals surface area contributed by atoms with Gasteiger partial charge in [-0.25, -0.2) is 0 Å². The van der Waals surface area contributed by atoms with Crippen molar-refractivity contribution in [3.05, 3.63) is 52.6 Å². The van der Waals surface area contributed by atoms with E-state index in [9.17, 15) is 4.79 Å². The van der Waals surface area contributed by atoms with Crippen LogP contribution in [0.2, 0.25) is 0 Å². The van der Waals surface area contributed by atoms with Gasteiger partial charge in [-0.05, 0) is 26.2 Å². The van der Waals surface area contributed by atoms with E-state index < -0.39 is 5.43 Å². The minimum Gasteiger partial charge on any atom is -0.502 e. The fourth-order valence-electron chi connectivity index (χ4n) is 1.18. The topological polar surface area (TPSA) is 70.7 Å². The maximum Gasteiger partial charge on any atom is 0.226 e. The second kappa shape index (κ2) is 11.3. The molecule has 0 spiro atoms. The minimum absolute atomic E-state index is 0.164. The Morgan fingerprint density at radius 3 is 2.32 bits per heavy atom. The van der Waals surface area contributed by atoms with Crippen LogP contribution >= 0.6 is 0 Å². The van der Waals surface area contributed by atoms with Crippen molar-refractivity contribution in [3.63, 3.8) is 0 Å². The molecule has 0 amide bonds. The smallest absolute Gasteiger partial charge is 0.226 e. The monoisotopic (exact) mass is 266 g/mol. The number of aliphatic hydroxyl groups is 1. The molecule has 0 aliphatic carbocycles. The van der Waals surface area contributed by atoms with E-state index in [4.69, 9.17) is 10.2 Å². The molecule has 4 nitrogen and oxygen atoms in total. The van der Waals surface area contributed by atoms with Crippen molar-refractivity contribution in [1.29, 1.82) is 0 Å². The lowest BCUT2D eigenvalue weighted by Crippen LogP contribution is -1.97. The Kier molecular flexibility index (Phi) is 10.2. The van der Waals surface area contributed by atoms with Crippen LogP contribution in [-0.2, 0) is 0 Å². The highest BCUT2D eigenvalue weighted by Gasteiger charge is 1.98. The van der Waals surface area contributed by atoms with Gasteiger partial charge in [-0.3, -0.25) is 4.79 Å². The fourth-order valence-corrected chi connectivity index (χ4v) is 1.18. The predicted octanol–water partition coefficient (Wildman–Crippen LogP) is 2.94. The van der Waals surface area contributed by atoms with E-state index in [1.165, 1.54) is 19.3 Å². The lowest BCUT2D eigenvalue weighted by Gasteiger charge is -1.91. The summed E-state index contributed by atoms with van der Waals surface area (Å²) < 4.78 is 4.69. The largest absolute Gasteiger partial charge is 0.502 e. The molecule has 0 unspecified atom stereocenters. The molecule has 0 radical (unpaired) electrons. The van der Waals surface area contributed by atoms with Crippen molar-refractivity contribution in [2.24, 2.45) is 0 Å². The number of aromatic hydroxyl groups is 1. The van der Waals surface area contributed by atoms with Crippen LogP contribution in [0.25, 0.3) is 0 Å². The summed E-state index contributed by atoms with van der Waals surface area (Å²) >= 11 is 0. The Hall–Kier alpha value is -1.81. The van der Waals surface area contributed by atoms with Gasteiger partial charge in [0.25, 0.3) is 0 Å². The lowest BCUT2D eigenvalue weighted by molar-refractivity contribution is 0.342. The maximum absolute atomic E-state index is 10.5. The van der Waals surface area contributed by atoms with Crippen LogP contribution in [0.5, 0.6) is 5.75 Å². The van der Waals surface area contributed by atoms with Gasteiger partial charge in [0, 0.05) is 6.07 Å². The van der Waals surface area contributed by atoms with Crippen LogP contribution in [0.4, 0.5) is 0 Å². The Morgan fingerprint density at radius 2 is 1.84 bits per heavy atom. The molecule has 0 bridgehead atoms. The highest BCUT2D eigenvalue weighted by Crippen LogP contribution is 2.06. The van der Waals surface area contributed by atoms with Gasteiger partial charge in [0.05, 0.1) is 12.9 Å². The van der Waals surface area contributed by atoms with Crippen LogP contribution in [0.1, 0.15) is 31.9 Å². The number of hydrogen-bond acceptors (Lipinski definition) is 4. The zero-order chi connectivity index (χ0) is 14.5. The first-order chi connectivity index (χ1) is 9.13. The third-order valence-electron chi connectivity index (χ3n) is 2.21. The first-order valence-corrected chi connectivity index (χ1v) is 6.31. The summed E-state index contributed by atoms with van der Waals surface area (Å²) in [7, 11) is 0. The maximum atomic E-state index is 10.5. The third-order valence-corrected chi connectivity index (χ3v) is 2.21. The van der Waals surface area contributed by atoms with E-state index in [2.05, 4.69) is 23.5 Å². The molecular formula is C15H22O4. The van der Waals surface area contributed by atoms with Gasteiger partial charge in [0.2, 0.25) is 11.2 Å². The summed E-state index contributed by atoms with van der Waals surface area (Å²) in [5.74, 6) is -0.0556. The summed E-state index contributed by atoms with van der Waals surface area (Å²) in [6.45, 7) is 3.81. The highest BCUT2D eigenvalue weighted by atomic mass is 16.4. The predicted molar refractivity (Wildman–Crippen MR) is 76.3 cm³/mol. The van der Waals surface area contributed by atoms with Crippen molar-refractivity contribution in [2.75, 3.05) is 6.61 Å². The van der Waals surface area contributed by atoms with Crippen molar-refractivity contribution >= 4 is 0 Å². The normalized spacial score (nSPS) is 10.7. The Morgan fingerprint density at radius 1 is 1.21 bits per heavy atom. The molecule has 106 valence electrons. The fraction of sp³-hybridized carbons (Fsp3) is 0.400. The number of allylic oxidation sites excluding steroid dienone is 3. The number of unbranched alkanes of at least 4 members (excludes halogenated alkanes) is 1. The van der Waals surface area contributed by atoms with Crippen LogP contribution in [0.15, 0.2) is 45.8 Å². The second-order valence-electron chi connectivity index (χ2n) is 3.80. The molecule has 1 rings (SSSR count). The van der Waals surface area contributed by atoms with Gasteiger partial charge < -0.3 is 14.6 Å². The molecule has 2 N–H and O–H groups in total. The molecule has 0 aliphatic heterocycles. The molecule has 0 fully saturated rings. The van der Waals surface area contributed by atoms with E-state index in [1.54, 1.807) is 6.08 Å². The SMILES string of the molecule is CC/C=C\CC/C=C/CO.Cc1occc(=O)c1O. The van der Waals surface area contributed by atoms with Gasteiger partial charge in [-0.1, -0.05) is 31.2 Å². The molecule has 0 atom stereocenters. The van der Waals surface area contributed by atoms with E-state index in [0.29, 0.717) is 0 Å².